The van der Waals surface area contributed by atoms with E-state index in [2.05, 4.69) is 0 Å². The van der Waals surface area contributed by atoms with Gasteiger partial charge >= 0.3 is 6.09 Å². The number of methoxy groups -OCH3 is 1. The van der Waals surface area contributed by atoms with Gasteiger partial charge < -0.3 is 23.8 Å². The lowest BCUT2D eigenvalue weighted by Crippen LogP contribution is -2.47. The third-order valence-electron chi connectivity index (χ3n) is 8.59. The van der Waals surface area contributed by atoms with E-state index in [0.717, 1.165) is 34.6 Å². The van der Waals surface area contributed by atoms with Gasteiger partial charge in [-0.2, -0.15) is 0 Å². The molecule has 1 aliphatic rings. The third-order valence-corrected chi connectivity index (χ3v) is 11.2. The lowest BCUT2D eigenvalue weighted by molar-refractivity contribution is 0.0144. The van der Waals surface area contributed by atoms with Crippen LogP contribution in [0.1, 0.15) is 61.7 Å². The number of ether oxygens (including phenoxy) is 2. The Hall–Kier alpha value is -3.38. The number of halogens is 3. The summed E-state index contributed by atoms with van der Waals surface area (Å²) in [6.07, 6.45) is 3.59. The summed E-state index contributed by atoms with van der Waals surface area (Å²) < 4.78 is 53.1. The molecule has 0 aliphatic heterocycles. The molecule has 0 spiro atoms. The number of nitrogens with zero attached hydrogens (tertiary/aromatic N) is 2. The van der Waals surface area contributed by atoms with E-state index in [1.54, 1.807) is 36.3 Å². The molecule has 2 amide bonds. The summed E-state index contributed by atoms with van der Waals surface area (Å²) in [5.74, 6) is -1.24. The number of rotatable bonds is 8. The van der Waals surface area contributed by atoms with E-state index < -0.39 is 40.4 Å². The van der Waals surface area contributed by atoms with Crippen LogP contribution in [0.2, 0.25) is 5.02 Å². The quantitative estimate of drug-likeness (QED) is 0.170. The number of hydrogen-bond donors (Lipinski definition) is 0. The zero-order valence-corrected chi connectivity index (χ0v) is 30.2. The fraction of sp³-hybridized carbons (Fsp3) is 0.389. The Morgan fingerprint density at radius 1 is 1.00 bits per heavy atom. The minimum absolute atomic E-state index is 0.0150. The van der Waals surface area contributed by atoms with E-state index in [9.17, 15) is 22.9 Å². The molecule has 0 N–H and O–H groups in total. The molecule has 5 rings (SSSR count). The zero-order valence-electron chi connectivity index (χ0n) is 27.8. The summed E-state index contributed by atoms with van der Waals surface area (Å²) in [5.41, 5.74) is 1.79. The number of carbonyl (C=O) groups is 2. The van der Waals surface area contributed by atoms with Crippen LogP contribution in [0.15, 0.2) is 59.5 Å². The molecule has 1 aliphatic carbocycles. The van der Waals surface area contributed by atoms with Crippen LogP contribution in [0.3, 0.4) is 0 Å². The van der Waals surface area contributed by atoms with Crippen molar-refractivity contribution >= 4 is 56.2 Å². The molecule has 4 aromatic rings. The second kappa shape index (κ2) is 14.6. The molecular formula is C36H39ClF2N2O5S2. The first-order chi connectivity index (χ1) is 22.7. The predicted molar refractivity (Wildman–Crippen MR) is 187 cm³/mol. The summed E-state index contributed by atoms with van der Waals surface area (Å²) in [5, 5.41) is -0.231. The van der Waals surface area contributed by atoms with Gasteiger partial charge in [0.25, 0.3) is 5.91 Å². The van der Waals surface area contributed by atoms with Gasteiger partial charge in [-0.3, -0.25) is 4.79 Å². The molecule has 1 saturated carbocycles. The molecular weight excluding hydrogens is 678 g/mol. The van der Waals surface area contributed by atoms with Gasteiger partial charge in [0.05, 0.1) is 22.2 Å². The lowest BCUT2D eigenvalue weighted by atomic mass is 9.89. The van der Waals surface area contributed by atoms with Crippen LogP contribution in [-0.2, 0) is 22.5 Å². The Morgan fingerprint density at radius 2 is 1.65 bits per heavy atom. The maximum absolute atomic E-state index is 14.8. The summed E-state index contributed by atoms with van der Waals surface area (Å²) in [7, 11) is 3.28. The molecule has 1 heterocycles. The van der Waals surface area contributed by atoms with Gasteiger partial charge in [-0.15, -0.1) is 11.3 Å². The fourth-order valence-electron chi connectivity index (χ4n) is 6.09. The molecule has 256 valence electrons. The molecule has 1 atom stereocenters. The highest BCUT2D eigenvalue weighted by Crippen LogP contribution is 2.41. The van der Waals surface area contributed by atoms with Crippen molar-refractivity contribution in [1.29, 1.82) is 0 Å². The minimum atomic E-state index is -1.17. The van der Waals surface area contributed by atoms with E-state index in [4.69, 9.17) is 21.1 Å². The average Bonchev–Trinajstić information content (AvgIpc) is 3.42. The SMILES string of the molecule is COc1ccc(-c2cccc([S+](C)[O-])c2)cc1CN(C(=O)c1sc2c(F)ccc(F)c2c1Cl)[C@H]1CC[C@H](N(C)C(=O)OC(C)(C)C)CC1. The van der Waals surface area contributed by atoms with Crippen molar-refractivity contribution in [3.8, 4) is 16.9 Å². The monoisotopic (exact) mass is 716 g/mol. The number of carbonyl (C=O) groups excluding carboxylic acids is 2. The summed E-state index contributed by atoms with van der Waals surface area (Å²) in [4.78, 5) is 31.3. The van der Waals surface area contributed by atoms with Gasteiger partial charge in [0.1, 0.15) is 34.1 Å². The standard InChI is InChI=1S/C36H39ClF2N2O5S2/c1-36(2,3)46-35(43)40(4)24-11-13-25(14-12-24)41(34(42)33-31(37)30-27(38)15-16-28(39)32(30)47-33)20-23-18-22(10-17-29(23)45-5)21-8-7-9-26(19-21)48(6)44/h7-10,15-19,24-25H,11-14,20H2,1-6H3/t24-,25-,48?. The maximum atomic E-state index is 14.8. The van der Waals surface area contributed by atoms with Crippen molar-refractivity contribution in [1.82, 2.24) is 9.80 Å². The Bertz CT molecular complexity index is 1820. The highest BCUT2D eigenvalue weighted by Gasteiger charge is 2.35. The number of benzene rings is 3. The van der Waals surface area contributed by atoms with Gasteiger partial charge in [-0.25, -0.2) is 13.6 Å². The van der Waals surface area contributed by atoms with Crippen molar-refractivity contribution in [3.63, 3.8) is 0 Å². The van der Waals surface area contributed by atoms with Crippen LogP contribution < -0.4 is 4.74 Å². The van der Waals surface area contributed by atoms with Gasteiger partial charge in [0.2, 0.25) is 0 Å². The van der Waals surface area contributed by atoms with Crippen LogP contribution in [0.25, 0.3) is 21.2 Å². The maximum Gasteiger partial charge on any atom is 0.410 e. The van der Waals surface area contributed by atoms with Crippen LogP contribution in [0.5, 0.6) is 5.75 Å². The van der Waals surface area contributed by atoms with Crippen LogP contribution >= 0.6 is 22.9 Å². The lowest BCUT2D eigenvalue weighted by Gasteiger charge is -2.40. The molecule has 12 heteroatoms. The normalized spacial score (nSPS) is 17.2. The first kappa shape index (κ1) is 35.9. The zero-order chi connectivity index (χ0) is 34.9. The highest BCUT2D eigenvalue weighted by molar-refractivity contribution is 7.90. The van der Waals surface area contributed by atoms with Crippen LogP contribution in [0, 0.1) is 11.6 Å². The van der Waals surface area contributed by atoms with E-state index >= 15 is 0 Å². The first-order valence-corrected chi connectivity index (χ1v) is 18.4. The fourth-order valence-corrected chi connectivity index (χ4v) is 8.16. The molecule has 0 radical (unpaired) electrons. The highest BCUT2D eigenvalue weighted by atomic mass is 35.5. The van der Waals surface area contributed by atoms with Crippen molar-refractivity contribution in [2.24, 2.45) is 0 Å². The van der Waals surface area contributed by atoms with E-state index in [1.807, 2.05) is 57.2 Å². The summed E-state index contributed by atoms with van der Waals surface area (Å²) >= 11 is 6.29. The van der Waals surface area contributed by atoms with Gasteiger partial charge in [0, 0.05) is 37.3 Å². The Labute approximate surface area is 291 Å². The molecule has 7 nitrogen and oxygen atoms in total. The number of fused-ring (bicyclic) bond motifs is 1. The minimum Gasteiger partial charge on any atom is -0.612 e. The Balaban J connectivity index is 1.50. The summed E-state index contributed by atoms with van der Waals surface area (Å²) in [6, 6.07) is 14.8. The molecule has 0 bridgehead atoms. The molecule has 1 fully saturated rings. The predicted octanol–water partition coefficient (Wildman–Crippen LogP) is 9.07. The van der Waals surface area contributed by atoms with E-state index in [-0.39, 0.29) is 38.6 Å². The second-order valence-corrected chi connectivity index (χ2v) is 15.8. The first-order valence-electron chi connectivity index (χ1n) is 15.6. The van der Waals surface area contributed by atoms with Crippen LogP contribution in [0.4, 0.5) is 13.6 Å². The largest absolute Gasteiger partial charge is 0.612 e. The third kappa shape index (κ3) is 7.75. The van der Waals surface area contributed by atoms with Crippen molar-refractivity contribution in [2.45, 2.75) is 75.6 Å². The van der Waals surface area contributed by atoms with Crippen LogP contribution in [-0.4, -0.2) is 64.5 Å². The molecule has 1 aromatic heterocycles. The number of thiophene rings is 1. The van der Waals surface area contributed by atoms with Crippen molar-refractivity contribution in [3.05, 3.63) is 81.7 Å². The van der Waals surface area contributed by atoms with Gasteiger partial charge in [-0.05, 0) is 99.1 Å². The second-order valence-electron chi connectivity index (χ2n) is 13.0. The van der Waals surface area contributed by atoms with Crippen molar-refractivity contribution in [2.75, 3.05) is 20.4 Å². The Morgan fingerprint density at radius 3 is 2.27 bits per heavy atom. The molecule has 0 saturated heterocycles. The topological polar surface area (TPSA) is 82.1 Å². The van der Waals surface area contributed by atoms with E-state index in [0.29, 0.717) is 41.9 Å². The number of amides is 2. The van der Waals surface area contributed by atoms with E-state index in [1.165, 1.54) is 0 Å². The smallest absolute Gasteiger partial charge is 0.410 e. The Kier molecular flexibility index (Phi) is 10.9. The van der Waals surface area contributed by atoms with Crippen molar-refractivity contribution < 1.29 is 32.4 Å². The summed E-state index contributed by atoms with van der Waals surface area (Å²) in [6.45, 7) is 5.59. The molecule has 48 heavy (non-hydrogen) atoms. The number of hydrogen-bond acceptors (Lipinski definition) is 6. The van der Waals surface area contributed by atoms with Gasteiger partial charge in [0.15, 0.2) is 4.90 Å². The van der Waals surface area contributed by atoms with Gasteiger partial charge in [-0.1, -0.05) is 29.8 Å². The molecule has 3 aromatic carbocycles. The molecule has 1 unspecified atom stereocenters. The average molecular weight is 717 g/mol.